The molecule has 0 saturated heterocycles. The molecule has 0 bridgehead atoms. The fourth-order valence-corrected chi connectivity index (χ4v) is 2.87. The number of esters is 1. The van der Waals surface area contributed by atoms with Crippen LogP contribution >= 0.6 is 0 Å². The molecule has 2 nitrogen and oxygen atoms in total. The second-order valence-corrected chi connectivity index (χ2v) is 6.50. The number of carbonyl (C=O) groups excluding carboxylic acids is 1. The van der Waals surface area contributed by atoms with Gasteiger partial charge in [0.25, 0.3) is 0 Å². The summed E-state index contributed by atoms with van der Waals surface area (Å²) < 4.78 is 4.92. The number of unbranched alkanes of at least 4 members (excludes halogenated alkanes) is 14. The number of hydrogen-bond acceptors (Lipinski definition) is 2. The summed E-state index contributed by atoms with van der Waals surface area (Å²) >= 11 is 0. The van der Waals surface area contributed by atoms with Gasteiger partial charge in [-0.15, -0.1) is 0 Å². The molecule has 0 saturated carbocycles. The van der Waals surface area contributed by atoms with E-state index in [-0.39, 0.29) is 37.0 Å². The minimum absolute atomic E-state index is 0. The first kappa shape index (κ1) is 25.7. The summed E-state index contributed by atoms with van der Waals surface area (Å²) in [6.07, 6.45) is 21.0. The average Bonchev–Trinajstić information content (AvgIpc) is 2.51. The van der Waals surface area contributed by atoms with E-state index in [9.17, 15) is 4.79 Å². The maximum atomic E-state index is 11.2. The van der Waals surface area contributed by atoms with Crippen LogP contribution in [0.15, 0.2) is 0 Å². The Labute approximate surface area is 169 Å². The van der Waals surface area contributed by atoms with Crippen LogP contribution in [0.3, 0.4) is 0 Å². The van der Waals surface area contributed by atoms with Crippen LogP contribution in [-0.2, 0) is 9.53 Å². The summed E-state index contributed by atoms with van der Waals surface area (Å²) in [5, 5.41) is 0. The van der Waals surface area contributed by atoms with Crippen LogP contribution in [0.5, 0.6) is 0 Å². The summed E-state index contributed by atoms with van der Waals surface area (Å²) in [6.45, 7) is 4.66. The molecule has 0 atom stereocenters. The molecule has 0 aromatic rings. The van der Waals surface area contributed by atoms with Crippen molar-refractivity contribution in [3.8, 4) is 0 Å². The molecule has 134 valence electrons. The van der Waals surface area contributed by atoms with Crippen molar-refractivity contribution in [2.75, 3.05) is 6.61 Å². The second-order valence-electron chi connectivity index (χ2n) is 6.50. The Hall–Kier alpha value is 0.470. The van der Waals surface area contributed by atoms with Crippen LogP contribution in [0, 0.1) is 0 Å². The van der Waals surface area contributed by atoms with Gasteiger partial charge in [-0.05, 0) is 13.3 Å². The fraction of sp³-hybridized carbons (Fsp3) is 0.950. The van der Waals surface area contributed by atoms with Gasteiger partial charge in [-0.3, -0.25) is 4.79 Å². The van der Waals surface area contributed by atoms with Crippen molar-refractivity contribution in [3.05, 3.63) is 0 Å². The molecule has 0 fully saturated rings. The van der Waals surface area contributed by atoms with Crippen molar-refractivity contribution in [1.29, 1.82) is 0 Å². The zero-order valence-electron chi connectivity index (χ0n) is 17.3. The first-order valence-electron chi connectivity index (χ1n) is 9.96. The van der Waals surface area contributed by atoms with E-state index < -0.39 is 0 Å². The van der Waals surface area contributed by atoms with E-state index in [4.69, 9.17) is 4.74 Å². The summed E-state index contributed by atoms with van der Waals surface area (Å²) in [5.74, 6) is -0.0304. The Morgan fingerprint density at radius 3 is 1.35 bits per heavy atom. The predicted molar refractivity (Wildman–Crippen MR) is 97.3 cm³/mol. The van der Waals surface area contributed by atoms with Crippen molar-refractivity contribution in [2.24, 2.45) is 0 Å². The van der Waals surface area contributed by atoms with Gasteiger partial charge in [0.05, 0.1) is 6.61 Å². The van der Waals surface area contributed by atoms with Crippen LogP contribution in [0.25, 0.3) is 0 Å². The maximum Gasteiger partial charge on any atom is 1.00 e. The molecule has 0 amide bonds. The van der Waals surface area contributed by atoms with Crippen LogP contribution < -0.4 is 29.6 Å². The molecule has 0 aliphatic rings. The molecule has 0 rings (SSSR count). The molecular weight excluding hydrogens is 295 g/mol. The van der Waals surface area contributed by atoms with Crippen molar-refractivity contribution in [2.45, 2.75) is 117 Å². The molecule has 23 heavy (non-hydrogen) atoms. The van der Waals surface area contributed by atoms with E-state index in [2.05, 4.69) is 6.92 Å². The van der Waals surface area contributed by atoms with E-state index in [1.807, 2.05) is 6.92 Å². The molecule has 0 unspecified atom stereocenters. The van der Waals surface area contributed by atoms with Crippen molar-refractivity contribution >= 4 is 5.97 Å². The van der Waals surface area contributed by atoms with Crippen LogP contribution in [0.1, 0.15) is 118 Å². The third-order valence-electron chi connectivity index (χ3n) is 4.29. The number of rotatable bonds is 17. The van der Waals surface area contributed by atoms with Crippen molar-refractivity contribution in [3.63, 3.8) is 0 Å². The first-order chi connectivity index (χ1) is 10.8. The minimum atomic E-state index is -0.0304. The van der Waals surface area contributed by atoms with Crippen LogP contribution in [0.2, 0.25) is 0 Å². The monoisotopic (exact) mass is 336 g/mol. The Kier molecular flexibility index (Phi) is 25.1. The van der Waals surface area contributed by atoms with Gasteiger partial charge in [0.2, 0.25) is 0 Å². The van der Waals surface area contributed by atoms with Gasteiger partial charge >= 0.3 is 35.5 Å². The molecule has 0 aromatic carbocycles. The summed E-state index contributed by atoms with van der Waals surface area (Å²) in [6, 6.07) is 0. The molecular formula is C20H41NaO2. The Morgan fingerprint density at radius 1 is 0.652 bits per heavy atom. The van der Waals surface area contributed by atoms with E-state index in [0.29, 0.717) is 13.0 Å². The first-order valence-corrected chi connectivity index (χ1v) is 9.96. The van der Waals surface area contributed by atoms with E-state index >= 15 is 0 Å². The number of hydrogen-bond donors (Lipinski definition) is 0. The topological polar surface area (TPSA) is 26.3 Å². The average molecular weight is 337 g/mol. The zero-order valence-corrected chi connectivity index (χ0v) is 18.3. The summed E-state index contributed by atoms with van der Waals surface area (Å²) in [5.41, 5.74) is 0. The molecule has 0 N–H and O–H groups in total. The Morgan fingerprint density at radius 2 is 1.00 bits per heavy atom. The van der Waals surface area contributed by atoms with Gasteiger partial charge in [0.1, 0.15) is 0 Å². The molecule has 0 aromatic heterocycles. The Bertz CT molecular complexity index is 238. The van der Waals surface area contributed by atoms with Gasteiger partial charge in [-0.25, -0.2) is 0 Å². The van der Waals surface area contributed by atoms with Gasteiger partial charge in [-0.1, -0.05) is 96.8 Å². The second kappa shape index (κ2) is 22.5. The molecule has 0 aliphatic heterocycles. The molecule has 0 radical (unpaired) electrons. The third kappa shape index (κ3) is 22.5. The Balaban J connectivity index is -0.00000220. The number of carbonyl (C=O) groups is 1. The van der Waals surface area contributed by atoms with Gasteiger partial charge in [0.15, 0.2) is 0 Å². The standard InChI is InChI=1S/C20H40O2.Na.H/c1-3-5-6-7-8-9-10-11-12-13-14-15-16-17-18-19-20(21)22-4-2;;/h3-19H2,1-2H3;;/q;+1;-1. The predicted octanol–water partition coefficient (Wildman–Crippen LogP) is 3.93. The third-order valence-corrected chi connectivity index (χ3v) is 4.29. The largest absolute Gasteiger partial charge is 1.00 e. The molecule has 0 spiro atoms. The fourth-order valence-electron chi connectivity index (χ4n) is 2.87. The van der Waals surface area contributed by atoms with Gasteiger partial charge in [-0.2, -0.15) is 0 Å². The number of ether oxygens (including phenoxy) is 1. The van der Waals surface area contributed by atoms with Crippen LogP contribution in [0.4, 0.5) is 0 Å². The molecule has 0 heterocycles. The molecule has 3 heteroatoms. The van der Waals surface area contributed by atoms with Gasteiger partial charge < -0.3 is 6.16 Å². The quantitative estimate of drug-likeness (QED) is 0.229. The summed E-state index contributed by atoms with van der Waals surface area (Å²) in [7, 11) is 0. The normalized spacial score (nSPS) is 10.3. The minimum Gasteiger partial charge on any atom is -1.00 e. The maximum absolute atomic E-state index is 11.2. The smallest absolute Gasteiger partial charge is 1.00 e. The van der Waals surface area contributed by atoms with Crippen LogP contribution in [-0.4, -0.2) is 12.6 Å². The molecule has 0 aliphatic carbocycles. The van der Waals surface area contributed by atoms with Crippen molar-refractivity contribution < 1.29 is 40.5 Å². The van der Waals surface area contributed by atoms with Crippen molar-refractivity contribution in [1.82, 2.24) is 0 Å². The SMILES string of the molecule is CCCCCCCCCCCCCCCCCC(=O)OCC.[H-].[Na+]. The van der Waals surface area contributed by atoms with E-state index in [1.165, 1.54) is 89.9 Å². The van der Waals surface area contributed by atoms with E-state index in [1.54, 1.807) is 0 Å². The zero-order chi connectivity index (χ0) is 16.3. The van der Waals surface area contributed by atoms with E-state index in [0.717, 1.165) is 6.42 Å². The summed E-state index contributed by atoms with van der Waals surface area (Å²) in [4.78, 5) is 11.2. The van der Waals surface area contributed by atoms with Gasteiger partial charge in [0, 0.05) is 6.42 Å².